The second-order valence-electron chi connectivity index (χ2n) is 5.49. The number of aryl methyl sites for hydroxylation is 2. The Morgan fingerprint density at radius 3 is 2.39 bits per heavy atom. The quantitative estimate of drug-likeness (QED) is 0.819. The average Bonchev–Trinajstić information content (AvgIpc) is 2.24. The number of rotatable bonds is 3. The summed E-state index contributed by atoms with van der Waals surface area (Å²) in [5.41, 5.74) is 3.33. The minimum atomic E-state index is -0.399. The molecule has 1 aromatic rings. The zero-order valence-corrected chi connectivity index (χ0v) is 11.5. The van der Waals surface area contributed by atoms with Crippen LogP contribution in [-0.2, 0) is 4.74 Å². The van der Waals surface area contributed by atoms with Crippen molar-refractivity contribution >= 4 is 0 Å². The molecule has 1 heterocycles. The van der Waals surface area contributed by atoms with Gasteiger partial charge in [-0.1, -0.05) is 23.8 Å². The summed E-state index contributed by atoms with van der Waals surface area (Å²) >= 11 is 0. The minimum Gasteiger partial charge on any atom is -0.378 e. The van der Waals surface area contributed by atoms with E-state index in [9.17, 15) is 5.26 Å². The summed E-state index contributed by atoms with van der Waals surface area (Å²) in [6, 6.07) is 9.00. The molecule has 1 saturated heterocycles. The van der Waals surface area contributed by atoms with Gasteiger partial charge in [-0.2, -0.15) is 5.26 Å². The highest BCUT2D eigenvalue weighted by atomic mass is 16.5. The van der Waals surface area contributed by atoms with Gasteiger partial charge in [0.05, 0.1) is 25.3 Å². The Bertz CT molecular complexity index is 484. The van der Waals surface area contributed by atoms with Crippen LogP contribution in [0.3, 0.4) is 0 Å². The topological polar surface area (TPSA) is 36.3 Å². The first kappa shape index (κ1) is 13.1. The Hall–Kier alpha value is -1.37. The molecule has 0 bridgehead atoms. The second kappa shape index (κ2) is 4.72. The molecule has 0 amide bonds. The van der Waals surface area contributed by atoms with Crippen molar-refractivity contribution in [3.8, 4) is 6.07 Å². The lowest BCUT2D eigenvalue weighted by atomic mass is 9.74. The number of nitriles is 1. The predicted molar refractivity (Wildman–Crippen MR) is 71.2 cm³/mol. The number of benzene rings is 1. The first-order valence-corrected chi connectivity index (χ1v) is 6.23. The highest BCUT2D eigenvalue weighted by Crippen LogP contribution is 2.43. The fourth-order valence-electron chi connectivity index (χ4n) is 2.81. The normalized spacial score (nSPS) is 19.1. The summed E-state index contributed by atoms with van der Waals surface area (Å²) in [6.45, 7) is 5.26. The minimum absolute atomic E-state index is 0.0943. The van der Waals surface area contributed by atoms with E-state index >= 15 is 0 Å². The van der Waals surface area contributed by atoms with Crippen LogP contribution in [0.5, 0.6) is 0 Å². The van der Waals surface area contributed by atoms with Crippen LogP contribution in [0.25, 0.3) is 0 Å². The molecule has 1 aliphatic rings. The molecule has 1 unspecified atom stereocenters. The van der Waals surface area contributed by atoms with E-state index in [1.165, 1.54) is 16.7 Å². The Balaban J connectivity index is 2.46. The fourth-order valence-corrected chi connectivity index (χ4v) is 2.81. The molecule has 3 nitrogen and oxygen atoms in total. The zero-order chi connectivity index (χ0) is 13.3. The van der Waals surface area contributed by atoms with E-state index in [-0.39, 0.29) is 6.04 Å². The molecule has 1 aliphatic heterocycles. The number of nitrogens with zero attached hydrogens (tertiary/aromatic N) is 2. The van der Waals surface area contributed by atoms with Gasteiger partial charge in [0.1, 0.15) is 5.41 Å². The van der Waals surface area contributed by atoms with Crippen molar-refractivity contribution in [2.75, 3.05) is 27.3 Å². The summed E-state index contributed by atoms with van der Waals surface area (Å²) in [5, 5.41) is 9.51. The highest BCUT2D eigenvalue weighted by Gasteiger charge is 2.48. The maximum atomic E-state index is 9.51. The van der Waals surface area contributed by atoms with Crippen LogP contribution in [0.15, 0.2) is 18.2 Å². The molecular formula is C15H20N2O. The number of hydrogen-bond acceptors (Lipinski definition) is 3. The van der Waals surface area contributed by atoms with Gasteiger partial charge in [0.25, 0.3) is 0 Å². The lowest BCUT2D eigenvalue weighted by Gasteiger charge is -2.45. The van der Waals surface area contributed by atoms with Gasteiger partial charge in [0.2, 0.25) is 0 Å². The van der Waals surface area contributed by atoms with Crippen molar-refractivity contribution in [3.63, 3.8) is 0 Å². The van der Waals surface area contributed by atoms with E-state index in [0.29, 0.717) is 13.2 Å². The first-order valence-electron chi connectivity index (χ1n) is 6.23. The molecular weight excluding hydrogens is 224 g/mol. The van der Waals surface area contributed by atoms with E-state index < -0.39 is 5.41 Å². The van der Waals surface area contributed by atoms with Crippen LogP contribution >= 0.6 is 0 Å². The van der Waals surface area contributed by atoms with E-state index in [0.717, 1.165) is 0 Å². The van der Waals surface area contributed by atoms with Gasteiger partial charge in [0.15, 0.2) is 0 Å². The number of ether oxygens (including phenoxy) is 1. The van der Waals surface area contributed by atoms with Crippen LogP contribution in [-0.4, -0.2) is 32.2 Å². The van der Waals surface area contributed by atoms with Crippen molar-refractivity contribution in [3.05, 3.63) is 34.9 Å². The molecule has 0 aliphatic carbocycles. The standard InChI is InChI=1S/C15H20N2O/c1-11-5-6-13(12(2)7-11)14(17(3)4)15(8-16)9-18-10-15/h5-7,14H,9-10H2,1-4H3. The number of hydrogen-bond donors (Lipinski definition) is 0. The van der Waals surface area contributed by atoms with E-state index in [2.05, 4.69) is 43.0 Å². The Labute approximate surface area is 109 Å². The van der Waals surface area contributed by atoms with Crippen molar-refractivity contribution in [2.45, 2.75) is 19.9 Å². The van der Waals surface area contributed by atoms with E-state index in [1.54, 1.807) is 0 Å². The maximum absolute atomic E-state index is 9.51. The molecule has 0 radical (unpaired) electrons. The predicted octanol–water partition coefficient (Wildman–Crippen LogP) is 2.45. The molecule has 0 aromatic heterocycles. The summed E-state index contributed by atoms with van der Waals surface area (Å²) in [5.74, 6) is 0. The van der Waals surface area contributed by atoms with Crippen LogP contribution in [0.2, 0.25) is 0 Å². The van der Waals surface area contributed by atoms with Gasteiger partial charge in [-0.15, -0.1) is 0 Å². The van der Waals surface area contributed by atoms with Crippen LogP contribution < -0.4 is 0 Å². The lowest BCUT2D eigenvalue weighted by molar-refractivity contribution is -0.115. The van der Waals surface area contributed by atoms with Gasteiger partial charge < -0.3 is 9.64 Å². The summed E-state index contributed by atoms with van der Waals surface area (Å²) in [7, 11) is 4.06. The summed E-state index contributed by atoms with van der Waals surface area (Å²) in [4.78, 5) is 2.13. The Kier molecular flexibility index (Phi) is 3.43. The van der Waals surface area contributed by atoms with Gasteiger partial charge in [-0.25, -0.2) is 0 Å². The second-order valence-corrected chi connectivity index (χ2v) is 5.49. The third-order valence-corrected chi connectivity index (χ3v) is 3.70. The molecule has 2 rings (SSSR count). The monoisotopic (exact) mass is 244 g/mol. The molecule has 18 heavy (non-hydrogen) atoms. The SMILES string of the molecule is Cc1ccc(C(N(C)C)C2(C#N)COC2)c(C)c1. The largest absolute Gasteiger partial charge is 0.378 e. The maximum Gasteiger partial charge on any atom is 0.123 e. The van der Waals surface area contributed by atoms with Crippen LogP contribution in [0.1, 0.15) is 22.7 Å². The Morgan fingerprint density at radius 2 is 2.00 bits per heavy atom. The molecule has 0 N–H and O–H groups in total. The van der Waals surface area contributed by atoms with Gasteiger partial charge in [-0.05, 0) is 39.1 Å². The third-order valence-electron chi connectivity index (χ3n) is 3.70. The van der Waals surface area contributed by atoms with Crippen molar-refractivity contribution in [1.29, 1.82) is 5.26 Å². The summed E-state index contributed by atoms with van der Waals surface area (Å²) in [6.07, 6.45) is 0. The van der Waals surface area contributed by atoms with Gasteiger partial charge in [-0.3, -0.25) is 0 Å². The Morgan fingerprint density at radius 1 is 1.33 bits per heavy atom. The van der Waals surface area contributed by atoms with Crippen molar-refractivity contribution in [1.82, 2.24) is 4.90 Å². The van der Waals surface area contributed by atoms with Crippen LogP contribution in [0, 0.1) is 30.6 Å². The van der Waals surface area contributed by atoms with Crippen molar-refractivity contribution < 1.29 is 4.74 Å². The molecule has 1 fully saturated rings. The first-order chi connectivity index (χ1) is 8.50. The molecule has 3 heteroatoms. The highest BCUT2D eigenvalue weighted by molar-refractivity contribution is 5.36. The molecule has 96 valence electrons. The van der Waals surface area contributed by atoms with Gasteiger partial charge in [0, 0.05) is 0 Å². The molecule has 1 atom stereocenters. The van der Waals surface area contributed by atoms with E-state index in [4.69, 9.17) is 4.74 Å². The smallest absolute Gasteiger partial charge is 0.123 e. The van der Waals surface area contributed by atoms with Crippen molar-refractivity contribution in [2.24, 2.45) is 5.41 Å². The fraction of sp³-hybridized carbons (Fsp3) is 0.533. The lowest BCUT2D eigenvalue weighted by Crippen LogP contribution is -2.50. The molecule has 0 saturated carbocycles. The third kappa shape index (κ3) is 2.03. The average molecular weight is 244 g/mol. The van der Waals surface area contributed by atoms with E-state index in [1.807, 2.05) is 14.1 Å². The molecule has 0 spiro atoms. The summed E-state index contributed by atoms with van der Waals surface area (Å²) < 4.78 is 5.30. The zero-order valence-electron chi connectivity index (χ0n) is 11.5. The molecule has 1 aromatic carbocycles. The van der Waals surface area contributed by atoms with Crippen LogP contribution in [0.4, 0.5) is 0 Å². The van der Waals surface area contributed by atoms with Gasteiger partial charge >= 0.3 is 0 Å².